The number of rotatable bonds is 5. The van der Waals surface area contributed by atoms with E-state index in [0.29, 0.717) is 18.4 Å². The summed E-state index contributed by atoms with van der Waals surface area (Å²) in [6.45, 7) is 2.32. The van der Waals surface area contributed by atoms with Crippen molar-refractivity contribution in [3.8, 4) is 0 Å². The highest BCUT2D eigenvalue weighted by atomic mass is 79.9. The summed E-state index contributed by atoms with van der Waals surface area (Å²) in [5.74, 6) is 1.18. The Kier molecular flexibility index (Phi) is 5.00. The topological polar surface area (TPSA) is 40.5 Å². The smallest absolute Gasteiger partial charge is 0.176 e. The molecular formula is C22H24BrNO2. The SMILES string of the molecule is O=C(CN1C[C@@H]2CC(O)(Cc3ccccc3)C[C@@H]2C1)c1ccc(Br)cc1. The van der Waals surface area contributed by atoms with Crippen LogP contribution in [0.2, 0.25) is 0 Å². The molecule has 0 radical (unpaired) electrons. The van der Waals surface area contributed by atoms with Crippen molar-refractivity contribution in [1.82, 2.24) is 4.90 Å². The summed E-state index contributed by atoms with van der Waals surface area (Å²) in [6.07, 6.45) is 2.42. The molecule has 0 bridgehead atoms. The Morgan fingerprint density at radius 1 is 1.04 bits per heavy atom. The van der Waals surface area contributed by atoms with Gasteiger partial charge >= 0.3 is 0 Å². The quantitative estimate of drug-likeness (QED) is 0.754. The van der Waals surface area contributed by atoms with Crippen molar-refractivity contribution in [1.29, 1.82) is 0 Å². The van der Waals surface area contributed by atoms with Crippen LogP contribution in [0.15, 0.2) is 59.1 Å². The van der Waals surface area contributed by atoms with Gasteiger partial charge in [-0.2, -0.15) is 0 Å². The van der Waals surface area contributed by atoms with Gasteiger partial charge in [-0.1, -0.05) is 58.4 Å². The molecule has 3 atom stereocenters. The van der Waals surface area contributed by atoms with Crippen LogP contribution in [-0.2, 0) is 6.42 Å². The van der Waals surface area contributed by atoms with E-state index in [2.05, 4.69) is 33.0 Å². The molecule has 0 amide bonds. The van der Waals surface area contributed by atoms with Crippen molar-refractivity contribution >= 4 is 21.7 Å². The molecule has 26 heavy (non-hydrogen) atoms. The maximum absolute atomic E-state index is 12.5. The number of hydrogen-bond acceptors (Lipinski definition) is 3. The fraction of sp³-hybridized carbons (Fsp3) is 0.409. The summed E-state index contributed by atoms with van der Waals surface area (Å²) < 4.78 is 0.988. The fourth-order valence-electron chi connectivity index (χ4n) is 4.74. The second kappa shape index (κ2) is 7.26. The Balaban J connectivity index is 1.33. The maximum Gasteiger partial charge on any atom is 0.176 e. The first-order valence-corrected chi connectivity index (χ1v) is 10.1. The summed E-state index contributed by atoms with van der Waals surface area (Å²) in [4.78, 5) is 14.8. The predicted molar refractivity (Wildman–Crippen MR) is 106 cm³/mol. The van der Waals surface area contributed by atoms with Crippen LogP contribution in [0.4, 0.5) is 0 Å². The minimum Gasteiger partial charge on any atom is -0.390 e. The molecule has 3 nitrogen and oxygen atoms in total. The molecule has 1 N–H and O–H groups in total. The summed E-state index contributed by atoms with van der Waals surface area (Å²) in [5.41, 5.74) is 1.39. The summed E-state index contributed by atoms with van der Waals surface area (Å²) >= 11 is 3.40. The Labute approximate surface area is 163 Å². The molecule has 1 unspecified atom stereocenters. The van der Waals surface area contributed by atoms with E-state index < -0.39 is 5.60 Å². The van der Waals surface area contributed by atoms with Crippen LogP contribution in [0.25, 0.3) is 0 Å². The molecule has 4 heteroatoms. The number of aliphatic hydroxyl groups is 1. The van der Waals surface area contributed by atoms with Gasteiger partial charge in [-0.15, -0.1) is 0 Å². The van der Waals surface area contributed by atoms with Gasteiger partial charge in [0.15, 0.2) is 5.78 Å². The van der Waals surface area contributed by atoms with Gasteiger partial charge in [0.05, 0.1) is 12.1 Å². The minimum absolute atomic E-state index is 0.178. The lowest BCUT2D eigenvalue weighted by molar-refractivity contribution is 0.0355. The predicted octanol–water partition coefficient (Wildman–Crippen LogP) is 3.95. The highest BCUT2D eigenvalue weighted by Crippen LogP contribution is 2.45. The first kappa shape index (κ1) is 17.9. The van der Waals surface area contributed by atoms with Crippen LogP contribution >= 0.6 is 15.9 Å². The zero-order valence-corrected chi connectivity index (χ0v) is 16.4. The summed E-state index contributed by atoms with van der Waals surface area (Å²) in [6, 6.07) is 17.8. The zero-order valence-electron chi connectivity index (χ0n) is 14.8. The molecule has 1 heterocycles. The van der Waals surface area contributed by atoms with Gasteiger partial charge in [-0.25, -0.2) is 0 Å². The number of halogens is 1. The van der Waals surface area contributed by atoms with Crippen LogP contribution in [-0.4, -0.2) is 41.0 Å². The Bertz CT molecular complexity index is 760. The van der Waals surface area contributed by atoms with E-state index in [-0.39, 0.29) is 5.78 Å². The van der Waals surface area contributed by atoms with Crippen LogP contribution in [0, 0.1) is 11.8 Å². The van der Waals surface area contributed by atoms with Gasteiger partial charge in [0.25, 0.3) is 0 Å². The second-order valence-corrected chi connectivity index (χ2v) is 8.85. The van der Waals surface area contributed by atoms with Crippen LogP contribution in [0.1, 0.15) is 28.8 Å². The largest absolute Gasteiger partial charge is 0.390 e. The van der Waals surface area contributed by atoms with Crippen molar-refractivity contribution < 1.29 is 9.90 Å². The van der Waals surface area contributed by atoms with Gasteiger partial charge in [-0.3, -0.25) is 9.69 Å². The molecule has 2 aromatic carbocycles. The third-order valence-electron chi connectivity index (χ3n) is 5.85. The third-order valence-corrected chi connectivity index (χ3v) is 6.37. The van der Waals surface area contributed by atoms with E-state index in [4.69, 9.17) is 0 Å². The zero-order chi connectivity index (χ0) is 18.1. The van der Waals surface area contributed by atoms with Gasteiger partial charge in [0.1, 0.15) is 0 Å². The molecule has 0 aromatic heterocycles. The Morgan fingerprint density at radius 3 is 2.27 bits per heavy atom. The standard InChI is InChI=1S/C22H24BrNO2/c23-20-8-6-17(7-9-20)21(25)15-24-13-18-11-22(26,12-19(18)14-24)10-16-4-2-1-3-5-16/h1-9,18-19,26H,10-15H2/t18-,19+,22?. The molecule has 1 saturated heterocycles. The van der Waals surface area contributed by atoms with Gasteiger partial charge in [0, 0.05) is 29.5 Å². The van der Waals surface area contributed by atoms with E-state index in [9.17, 15) is 9.90 Å². The lowest BCUT2D eigenvalue weighted by Gasteiger charge is -2.26. The molecule has 4 rings (SSSR count). The number of carbonyl (C=O) groups is 1. The van der Waals surface area contributed by atoms with E-state index in [0.717, 1.165) is 42.4 Å². The first-order valence-electron chi connectivity index (χ1n) is 9.28. The van der Waals surface area contributed by atoms with Gasteiger partial charge in [0.2, 0.25) is 0 Å². The number of fused-ring (bicyclic) bond motifs is 1. The molecule has 1 aliphatic carbocycles. The van der Waals surface area contributed by atoms with Crippen molar-refractivity contribution in [3.05, 3.63) is 70.2 Å². The normalized spacial score (nSPS) is 28.2. The van der Waals surface area contributed by atoms with E-state index in [1.54, 1.807) is 0 Å². The lowest BCUT2D eigenvalue weighted by Crippen LogP contribution is -2.34. The molecule has 2 aromatic rings. The second-order valence-electron chi connectivity index (χ2n) is 7.94. The molecule has 1 saturated carbocycles. The summed E-state index contributed by atoms with van der Waals surface area (Å²) in [5, 5.41) is 11.0. The molecular weight excluding hydrogens is 390 g/mol. The summed E-state index contributed by atoms with van der Waals surface area (Å²) in [7, 11) is 0. The third kappa shape index (κ3) is 3.93. The average molecular weight is 414 g/mol. The average Bonchev–Trinajstić information content (AvgIpc) is 3.10. The number of nitrogens with zero attached hydrogens (tertiary/aromatic N) is 1. The monoisotopic (exact) mass is 413 g/mol. The van der Waals surface area contributed by atoms with Crippen molar-refractivity contribution in [2.45, 2.75) is 24.9 Å². The van der Waals surface area contributed by atoms with Crippen molar-refractivity contribution in [2.75, 3.05) is 19.6 Å². The lowest BCUT2D eigenvalue weighted by atomic mass is 9.91. The van der Waals surface area contributed by atoms with Crippen LogP contribution in [0.5, 0.6) is 0 Å². The van der Waals surface area contributed by atoms with Crippen molar-refractivity contribution in [3.63, 3.8) is 0 Å². The number of Topliss-reactive ketones (excluding diaryl/α,β-unsaturated/α-hetero) is 1. The highest BCUT2D eigenvalue weighted by molar-refractivity contribution is 9.10. The molecule has 1 aliphatic heterocycles. The first-order chi connectivity index (χ1) is 12.5. The highest BCUT2D eigenvalue weighted by Gasteiger charge is 2.48. The number of likely N-dealkylation sites (tertiary alicyclic amines) is 1. The fourth-order valence-corrected chi connectivity index (χ4v) is 5.00. The van der Waals surface area contributed by atoms with Crippen molar-refractivity contribution in [2.24, 2.45) is 11.8 Å². The number of ketones is 1. The number of benzene rings is 2. The number of hydrogen-bond donors (Lipinski definition) is 1. The maximum atomic E-state index is 12.5. The molecule has 0 spiro atoms. The minimum atomic E-state index is -0.585. The molecule has 2 aliphatic rings. The Hall–Kier alpha value is -1.49. The van der Waals surface area contributed by atoms with E-state index in [1.807, 2.05) is 42.5 Å². The van der Waals surface area contributed by atoms with Gasteiger partial charge in [-0.05, 0) is 42.4 Å². The van der Waals surface area contributed by atoms with E-state index in [1.165, 1.54) is 5.56 Å². The number of carbonyl (C=O) groups excluding carboxylic acids is 1. The molecule has 136 valence electrons. The molecule has 2 fully saturated rings. The van der Waals surface area contributed by atoms with Crippen LogP contribution < -0.4 is 0 Å². The van der Waals surface area contributed by atoms with Gasteiger partial charge < -0.3 is 5.11 Å². The van der Waals surface area contributed by atoms with Crippen LogP contribution in [0.3, 0.4) is 0 Å². The van der Waals surface area contributed by atoms with E-state index >= 15 is 0 Å². The Morgan fingerprint density at radius 2 is 1.65 bits per heavy atom.